The van der Waals surface area contributed by atoms with Gasteiger partial charge in [-0.1, -0.05) is 0 Å². The fourth-order valence-corrected chi connectivity index (χ4v) is 2.98. The van der Waals surface area contributed by atoms with Gasteiger partial charge in [0.25, 0.3) is 0 Å². The fraction of sp³-hybridized carbons (Fsp3) is 0.643. The van der Waals surface area contributed by atoms with Gasteiger partial charge in [0.15, 0.2) is 0 Å². The maximum atomic E-state index is 10.6. The number of likely N-dealkylation sites (tertiary alicyclic amines) is 1. The van der Waals surface area contributed by atoms with Crippen LogP contribution in [0.1, 0.15) is 32.3 Å². The monoisotopic (exact) mass is 312 g/mol. The molecule has 1 aromatic rings. The third kappa shape index (κ3) is 3.53. The number of rotatable bonds is 3. The molecular weight excluding hydrogens is 292 g/mol. The number of halogens is 1. The molecule has 0 atom stereocenters. The van der Waals surface area contributed by atoms with Gasteiger partial charge in [0.1, 0.15) is 0 Å². The Morgan fingerprint density at radius 2 is 2.06 bits per heavy atom. The van der Waals surface area contributed by atoms with Crippen molar-refractivity contribution in [2.75, 3.05) is 13.1 Å². The molecule has 100 valence electrons. The van der Waals surface area contributed by atoms with Crippen LogP contribution in [0.25, 0.3) is 0 Å². The molecule has 1 aromatic heterocycles. The highest BCUT2D eigenvalue weighted by atomic mass is 79.9. The highest BCUT2D eigenvalue weighted by Gasteiger charge is 2.33. The Morgan fingerprint density at radius 3 is 2.61 bits per heavy atom. The lowest BCUT2D eigenvalue weighted by molar-refractivity contribution is -0.0271. The molecule has 2 rings (SSSR count). The quantitative estimate of drug-likeness (QED) is 0.932. The van der Waals surface area contributed by atoms with Crippen molar-refractivity contribution in [1.29, 1.82) is 0 Å². The van der Waals surface area contributed by atoms with Gasteiger partial charge in [-0.3, -0.25) is 4.98 Å². The molecule has 4 heteroatoms. The lowest BCUT2D eigenvalue weighted by Crippen LogP contribution is -2.47. The zero-order chi connectivity index (χ0) is 13.2. The lowest BCUT2D eigenvalue weighted by atomic mass is 9.85. The minimum Gasteiger partial charge on any atom is -0.389 e. The minimum absolute atomic E-state index is 0.562. The molecule has 1 saturated heterocycles. The Bertz CT molecular complexity index is 401. The number of piperidine rings is 1. The number of aliphatic hydroxyl groups is 1. The molecule has 1 N–H and O–H groups in total. The summed E-state index contributed by atoms with van der Waals surface area (Å²) in [5.41, 5.74) is 0.540. The predicted molar refractivity (Wildman–Crippen MR) is 76.5 cm³/mol. The molecule has 1 aliphatic heterocycles. The van der Waals surface area contributed by atoms with Crippen LogP contribution >= 0.6 is 15.9 Å². The number of hydrogen-bond donors (Lipinski definition) is 1. The van der Waals surface area contributed by atoms with Crippen LogP contribution < -0.4 is 0 Å². The maximum Gasteiger partial charge on any atom is 0.0712 e. The van der Waals surface area contributed by atoms with Gasteiger partial charge in [-0.25, -0.2) is 0 Å². The second kappa shape index (κ2) is 5.68. The van der Waals surface area contributed by atoms with Gasteiger partial charge >= 0.3 is 0 Å². The predicted octanol–water partition coefficient (Wildman–Crippen LogP) is 2.62. The van der Waals surface area contributed by atoms with E-state index in [1.54, 1.807) is 6.20 Å². The standard InChI is InChI=1S/C14H21BrN2O/c1-11(2)17-5-3-14(18,4-6-17)8-12-7-13(15)10-16-9-12/h7,9-11,18H,3-6,8H2,1-2H3. The molecule has 0 bridgehead atoms. The van der Waals surface area contributed by atoms with Crippen LogP contribution in [0, 0.1) is 0 Å². The van der Waals surface area contributed by atoms with Gasteiger partial charge in [0.05, 0.1) is 5.60 Å². The molecule has 0 aliphatic carbocycles. The molecule has 3 nitrogen and oxygen atoms in total. The van der Waals surface area contributed by atoms with Gasteiger partial charge < -0.3 is 10.0 Å². The minimum atomic E-state index is -0.562. The van der Waals surface area contributed by atoms with Crippen molar-refractivity contribution < 1.29 is 5.11 Å². The van der Waals surface area contributed by atoms with Crippen LogP contribution in [0.4, 0.5) is 0 Å². The van der Waals surface area contributed by atoms with E-state index in [9.17, 15) is 5.11 Å². The van der Waals surface area contributed by atoms with E-state index in [-0.39, 0.29) is 0 Å². The van der Waals surface area contributed by atoms with Crippen molar-refractivity contribution in [3.05, 3.63) is 28.5 Å². The summed E-state index contributed by atoms with van der Waals surface area (Å²) in [4.78, 5) is 6.58. The largest absolute Gasteiger partial charge is 0.389 e. The molecule has 2 heterocycles. The van der Waals surface area contributed by atoms with Gasteiger partial charge in [0.2, 0.25) is 0 Å². The van der Waals surface area contributed by atoms with Crippen molar-refractivity contribution in [3.63, 3.8) is 0 Å². The van der Waals surface area contributed by atoms with Gasteiger partial charge in [-0.15, -0.1) is 0 Å². The van der Waals surface area contributed by atoms with Crippen molar-refractivity contribution in [2.45, 2.75) is 44.8 Å². The summed E-state index contributed by atoms with van der Waals surface area (Å²) in [6, 6.07) is 2.61. The van der Waals surface area contributed by atoms with E-state index in [0.717, 1.165) is 36.0 Å². The van der Waals surface area contributed by atoms with Crippen LogP contribution in [-0.4, -0.2) is 39.7 Å². The van der Waals surface area contributed by atoms with Gasteiger partial charge in [0, 0.05) is 42.4 Å². The second-order valence-corrected chi connectivity index (χ2v) is 6.46. The Hall–Kier alpha value is -0.450. The third-order valence-corrected chi connectivity index (χ3v) is 4.19. The Labute approximate surface area is 117 Å². The van der Waals surface area contributed by atoms with E-state index >= 15 is 0 Å². The normalized spacial score (nSPS) is 20.3. The van der Waals surface area contributed by atoms with Gasteiger partial charge in [-0.2, -0.15) is 0 Å². The van der Waals surface area contributed by atoms with E-state index in [1.807, 2.05) is 12.3 Å². The van der Waals surface area contributed by atoms with E-state index in [2.05, 4.69) is 39.7 Å². The summed E-state index contributed by atoms with van der Waals surface area (Å²) < 4.78 is 0.975. The maximum absolute atomic E-state index is 10.6. The van der Waals surface area contributed by atoms with Crippen LogP contribution in [0.5, 0.6) is 0 Å². The van der Waals surface area contributed by atoms with E-state index in [4.69, 9.17) is 0 Å². The van der Waals surface area contributed by atoms with Crippen molar-refractivity contribution in [1.82, 2.24) is 9.88 Å². The van der Waals surface area contributed by atoms with Gasteiger partial charge in [-0.05, 0) is 54.2 Å². The summed E-state index contributed by atoms with van der Waals surface area (Å²) in [6.07, 6.45) is 6.01. The highest BCUT2D eigenvalue weighted by Crippen LogP contribution is 2.27. The van der Waals surface area contributed by atoms with E-state index in [1.165, 1.54) is 0 Å². The summed E-state index contributed by atoms with van der Waals surface area (Å²) in [6.45, 7) is 6.39. The number of hydrogen-bond acceptors (Lipinski definition) is 3. The molecule has 1 aliphatic rings. The summed E-state index contributed by atoms with van der Waals surface area (Å²) in [5.74, 6) is 0. The summed E-state index contributed by atoms with van der Waals surface area (Å²) in [5, 5.41) is 10.6. The van der Waals surface area contributed by atoms with Crippen LogP contribution in [0.2, 0.25) is 0 Å². The molecule has 0 amide bonds. The SMILES string of the molecule is CC(C)N1CCC(O)(Cc2cncc(Br)c2)CC1. The first kappa shape index (κ1) is 14.0. The number of aromatic nitrogens is 1. The molecule has 0 aromatic carbocycles. The van der Waals surface area contributed by atoms with Crippen LogP contribution in [-0.2, 0) is 6.42 Å². The van der Waals surface area contributed by atoms with E-state index in [0.29, 0.717) is 12.5 Å². The van der Waals surface area contributed by atoms with Crippen molar-refractivity contribution in [3.8, 4) is 0 Å². The smallest absolute Gasteiger partial charge is 0.0712 e. The molecule has 1 fully saturated rings. The molecule has 0 spiro atoms. The molecular formula is C14H21BrN2O. The Morgan fingerprint density at radius 1 is 1.39 bits per heavy atom. The lowest BCUT2D eigenvalue weighted by Gasteiger charge is -2.40. The van der Waals surface area contributed by atoms with Crippen molar-refractivity contribution >= 4 is 15.9 Å². The topological polar surface area (TPSA) is 36.4 Å². The molecule has 0 unspecified atom stereocenters. The third-order valence-electron chi connectivity index (χ3n) is 3.75. The van der Waals surface area contributed by atoms with E-state index < -0.39 is 5.60 Å². The fourth-order valence-electron chi connectivity index (χ4n) is 2.57. The molecule has 0 saturated carbocycles. The molecule has 18 heavy (non-hydrogen) atoms. The molecule has 0 radical (unpaired) electrons. The average Bonchev–Trinajstić information content (AvgIpc) is 2.29. The summed E-state index contributed by atoms with van der Waals surface area (Å²) in [7, 11) is 0. The number of nitrogens with zero attached hydrogens (tertiary/aromatic N) is 2. The zero-order valence-corrected chi connectivity index (χ0v) is 12.7. The zero-order valence-electron chi connectivity index (χ0n) is 11.1. The Kier molecular flexibility index (Phi) is 4.41. The van der Waals surface area contributed by atoms with Crippen molar-refractivity contribution in [2.24, 2.45) is 0 Å². The first-order valence-electron chi connectivity index (χ1n) is 6.54. The first-order chi connectivity index (χ1) is 8.48. The Balaban J connectivity index is 1.97. The average molecular weight is 313 g/mol. The van der Waals surface area contributed by atoms with Crippen LogP contribution in [0.3, 0.4) is 0 Å². The number of pyridine rings is 1. The van der Waals surface area contributed by atoms with Crippen LogP contribution in [0.15, 0.2) is 22.9 Å². The second-order valence-electron chi connectivity index (χ2n) is 5.54. The highest BCUT2D eigenvalue weighted by molar-refractivity contribution is 9.10. The first-order valence-corrected chi connectivity index (χ1v) is 7.34. The summed E-state index contributed by atoms with van der Waals surface area (Å²) >= 11 is 3.42.